The molecule has 9 heteroatoms. The van der Waals surface area contributed by atoms with Gasteiger partial charge in [0.15, 0.2) is 16.6 Å². The van der Waals surface area contributed by atoms with Crippen molar-refractivity contribution in [1.82, 2.24) is 20.4 Å². The lowest BCUT2D eigenvalue weighted by Gasteiger charge is -2.36. The Morgan fingerprint density at radius 2 is 2.06 bits per heavy atom. The van der Waals surface area contributed by atoms with E-state index in [1.54, 1.807) is 25.3 Å². The molecule has 2 N–H and O–H groups in total. The van der Waals surface area contributed by atoms with Gasteiger partial charge in [-0.2, -0.15) is 4.98 Å². The first kappa shape index (κ1) is 22.3. The zero-order chi connectivity index (χ0) is 23.5. The minimum absolute atomic E-state index is 0.0239. The Morgan fingerprint density at radius 3 is 2.76 bits per heavy atom. The standard InChI is InChI=1S/C24H24N4O4S/c1-5-11-28-14(2)20(21(25-24(28)33)15-9-10-19(31-4)18(29)13-15)23-26-22(27-32-23)16-7-6-8-17(12-16)30-3/h5-10,12-13,21,29H,1,11H2,2-4H3,(H,25,33). The first-order valence-electron chi connectivity index (χ1n) is 10.2. The summed E-state index contributed by atoms with van der Waals surface area (Å²) < 4.78 is 16.2. The highest BCUT2D eigenvalue weighted by atomic mass is 32.1. The topological polar surface area (TPSA) is 92.9 Å². The monoisotopic (exact) mass is 464 g/mol. The van der Waals surface area contributed by atoms with Crippen molar-refractivity contribution in [2.24, 2.45) is 0 Å². The lowest BCUT2D eigenvalue weighted by atomic mass is 9.94. The van der Waals surface area contributed by atoms with Crippen molar-refractivity contribution in [3.8, 4) is 28.6 Å². The van der Waals surface area contributed by atoms with Gasteiger partial charge >= 0.3 is 0 Å². The van der Waals surface area contributed by atoms with Gasteiger partial charge in [0.2, 0.25) is 5.82 Å². The van der Waals surface area contributed by atoms with Gasteiger partial charge in [0.1, 0.15) is 5.75 Å². The number of benzene rings is 2. The van der Waals surface area contributed by atoms with E-state index in [0.717, 1.165) is 22.4 Å². The van der Waals surface area contributed by atoms with Crippen molar-refractivity contribution in [3.63, 3.8) is 0 Å². The summed E-state index contributed by atoms with van der Waals surface area (Å²) in [6, 6.07) is 12.2. The fraction of sp³-hybridized carbons (Fsp3) is 0.208. The van der Waals surface area contributed by atoms with Crippen LogP contribution < -0.4 is 14.8 Å². The number of methoxy groups -OCH3 is 2. The fourth-order valence-electron chi connectivity index (χ4n) is 3.76. The molecule has 0 spiro atoms. The summed E-state index contributed by atoms with van der Waals surface area (Å²) >= 11 is 5.61. The zero-order valence-corrected chi connectivity index (χ0v) is 19.3. The number of nitrogens with zero attached hydrogens (tertiary/aromatic N) is 3. The molecule has 1 aliphatic heterocycles. The van der Waals surface area contributed by atoms with Crippen LogP contribution in [0.25, 0.3) is 17.0 Å². The van der Waals surface area contributed by atoms with E-state index in [1.165, 1.54) is 7.11 Å². The molecule has 170 valence electrons. The largest absolute Gasteiger partial charge is 0.504 e. The fourth-order valence-corrected chi connectivity index (χ4v) is 4.09. The van der Waals surface area contributed by atoms with E-state index in [1.807, 2.05) is 42.2 Å². The highest BCUT2D eigenvalue weighted by Gasteiger charge is 2.34. The molecule has 2 aromatic carbocycles. The number of allylic oxidation sites excluding steroid dienone is 1. The summed E-state index contributed by atoms with van der Waals surface area (Å²) in [6.07, 6.45) is 1.77. The number of phenols is 1. The summed E-state index contributed by atoms with van der Waals surface area (Å²) in [5.74, 6) is 1.88. The molecular weight excluding hydrogens is 440 g/mol. The van der Waals surface area contributed by atoms with Crippen molar-refractivity contribution in [2.75, 3.05) is 20.8 Å². The molecule has 1 atom stereocenters. The highest BCUT2D eigenvalue weighted by Crippen LogP contribution is 2.39. The molecule has 0 amide bonds. The number of ether oxygens (including phenoxy) is 2. The Bertz CT molecular complexity index is 1240. The Kier molecular flexibility index (Phi) is 6.32. The molecule has 33 heavy (non-hydrogen) atoms. The van der Waals surface area contributed by atoms with Crippen molar-refractivity contribution in [1.29, 1.82) is 0 Å². The Balaban J connectivity index is 1.82. The number of aromatic nitrogens is 2. The quantitative estimate of drug-likeness (QED) is 0.392. The van der Waals surface area contributed by atoms with Gasteiger partial charge in [0.25, 0.3) is 5.89 Å². The summed E-state index contributed by atoms with van der Waals surface area (Å²) in [5.41, 5.74) is 3.13. The minimum Gasteiger partial charge on any atom is -0.504 e. The molecule has 0 fully saturated rings. The van der Waals surface area contributed by atoms with Gasteiger partial charge in [-0.15, -0.1) is 6.58 Å². The minimum atomic E-state index is -0.422. The van der Waals surface area contributed by atoms with E-state index in [0.29, 0.717) is 34.9 Å². The van der Waals surface area contributed by atoms with Crippen LogP contribution in [-0.2, 0) is 0 Å². The van der Waals surface area contributed by atoms with E-state index in [-0.39, 0.29) is 5.75 Å². The number of nitrogens with one attached hydrogen (secondary N) is 1. The Morgan fingerprint density at radius 1 is 1.24 bits per heavy atom. The van der Waals surface area contributed by atoms with Crippen LogP contribution in [0, 0.1) is 0 Å². The number of rotatable bonds is 7. The summed E-state index contributed by atoms with van der Waals surface area (Å²) in [7, 11) is 3.11. The van der Waals surface area contributed by atoms with Crippen molar-refractivity contribution in [2.45, 2.75) is 13.0 Å². The molecule has 0 bridgehead atoms. The molecule has 1 aliphatic rings. The molecule has 0 saturated heterocycles. The molecule has 1 unspecified atom stereocenters. The van der Waals surface area contributed by atoms with Crippen molar-refractivity contribution < 1.29 is 19.1 Å². The van der Waals surface area contributed by atoms with Gasteiger partial charge in [0.05, 0.1) is 25.8 Å². The molecule has 1 aromatic heterocycles. The third-order valence-electron chi connectivity index (χ3n) is 5.43. The predicted molar refractivity (Wildman–Crippen MR) is 129 cm³/mol. The van der Waals surface area contributed by atoms with Crippen LogP contribution in [0.2, 0.25) is 0 Å². The summed E-state index contributed by atoms with van der Waals surface area (Å²) in [4.78, 5) is 6.58. The van der Waals surface area contributed by atoms with E-state index in [4.69, 9.17) is 26.2 Å². The number of hydrogen-bond donors (Lipinski definition) is 2. The first-order valence-corrected chi connectivity index (χ1v) is 10.6. The number of phenolic OH excluding ortho intramolecular Hbond substituents is 1. The average Bonchev–Trinajstić information content (AvgIpc) is 3.31. The lowest BCUT2D eigenvalue weighted by molar-refractivity contribution is 0.372. The molecule has 8 nitrogen and oxygen atoms in total. The third-order valence-corrected chi connectivity index (χ3v) is 5.77. The van der Waals surface area contributed by atoms with Gasteiger partial charge in [-0.1, -0.05) is 29.4 Å². The van der Waals surface area contributed by atoms with Gasteiger partial charge < -0.3 is 29.3 Å². The zero-order valence-electron chi connectivity index (χ0n) is 18.5. The van der Waals surface area contributed by atoms with Crippen molar-refractivity contribution in [3.05, 3.63) is 72.3 Å². The molecule has 0 radical (unpaired) electrons. The van der Waals surface area contributed by atoms with Crippen LogP contribution in [0.3, 0.4) is 0 Å². The van der Waals surface area contributed by atoms with E-state index in [9.17, 15) is 5.11 Å². The molecular formula is C24H24N4O4S. The van der Waals surface area contributed by atoms with E-state index in [2.05, 4.69) is 22.0 Å². The van der Waals surface area contributed by atoms with Crippen molar-refractivity contribution >= 4 is 22.9 Å². The molecule has 2 heterocycles. The molecule has 4 rings (SSSR count). The average molecular weight is 465 g/mol. The normalized spacial score (nSPS) is 15.9. The second-order valence-corrected chi connectivity index (χ2v) is 7.75. The Labute approximate surface area is 197 Å². The third kappa shape index (κ3) is 4.27. The van der Waals surface area contributed by atoms with Gasteiger partial charge in [0, 0.05) is 17.8 Å². The number of hydrogen-bond acceptors (Lipinski definition) is 7. The maximum absolute atomic E-state index is 10.4. The van der Waals surface area contributed by atoms with Gasteiger partial charge in [-0.25, -0.2) is 0 Å². The Hall–Kier alpha value is -3.85. The maximum atomic E-state index is 10.4. The highest BCUT2D eigenvalue weighted by molar-refractivity contribution is 7.80. The van der Waals surface area contributed by atoms with E-state index >= 15 is 0 Å². The van der Waals surface area contributed by atoms with E-state index < -0.39 is 6.04 Å². The van der Waals surface area contributed by atoms with Crippen LogP contribution >= 0.6 is 12.2 Å². The van der Waals surface area contributed by atoms with Crippen LogP contribution in [-0.4, -0.2) is 46.0 Å². The van der Waals surface area contributed by atoms with Gasteiger partial charge in [-0.05, 0) is 49.0 Å². The lowest BCUT2D eigenvalue weighted by Crippen LogP contribution is -2.45. The van der Waals surface area contributed by atoms with Crippen LogP contribution in [0.1, 0.15) is 24.4 Å². The molecule has 3 aromatic rings. The number of aromatic hydroxyl groups is 1. The SMILES string of the molecule is C=CCN1C(=S)NC(c2ccc(OC)c(O)c2)C(c2nc(-c3cccc(OC)c3)no2)=C1C. The van der Waals surface area contributed by atoms with Crippen LogP contribution in [0.15, 0.2) is 65.3 Å². The second kappa shape index (κ2) is 9.33. The van der Waals surface area contributed by atoms with Gasteiger partial charge in [-0.3, -0.25) is 0 Å². The summed E-state index contributed by atoms with van der Waals surface area (Å²) in [6.45, 7) is 6.28. The van der Waals surface area contributed by atoms with Crippen LogP contribution in [0.5, 0.6) is 17.2 Å². The first-order chi connectivity index (χ1) is 16.0. The second-order valence-electron chi connectivity index (χ2n) is 7.37. The smallest absolute Gasteiger partial charge is 0.258 e. The van der Waals surface area contributed by atoms with Crippen LogP contribution in [0.4, 0.5) is 0 Å². The maximum Gasteiger partial charge on any atom is 0.258 e. The predicted octanol–water partition coefficient (Wildman–Crippen LogP) is 4.31. The number of thiocarbonyl (C=S) groups is 1. The molecule has 0 aliphatic carbocycles. The summed E-state index contributed by atoms with van der Waals surface area (Å²) in [5, 5.41) is 18.4. The molecule has 0 saturated carbocycles.